The first-order chi connectivity index (χ1) is 7.50. The molecule has 0 radical (unpaired) electrons. The number of fused-ring (bicyclic) bond motifs is 1. The number of amides is 1. The minimum Gasteiger partial charge on any atom is -0.389 e. The SMILES string of the molecule is CC(=O)N[C@@H]1CCN2C[C@@H](O)[C@@H](O)[C@H]2[C@@H]1O. The van der Waals surface area contributed by atoms with Crippen molar-refractivity contribution < 1.29 is 20.1 Å². The van der Waals surface area contributed by atoms with Crippen LogP contribution in [-0.4, -0.2) is 69.6 Å². The van der Waals surface area contributed by atoms with Crippen molar-refractivity contribution in [3.8, 4) is 0 Å². The van der Waals surface area contributed by atoms with E-state index in [4.69, 9.17) is 0 Å². The van der Waals surface area contributed by atoms with Gasteiger partial charge in [-0.3, -0.25) is 9.69 Å². The molecular weight excluding hydrogens is 212 g/mol. The lowest BCUT2D eigenvalue weighted by molar-refractivity contribution is -0.122. The van der Waals surface area contributed by atoms with Crippen LogP contribution in [0, 0.1) is 0 Å². The molecule has 0 aliphatic carbocycles. The summed E-state index contributed by atoms with van der Waals surface area (Å²) in [5, 5.41) is 32.0. The predicted octanol–water partition coefficient (Wildman–Crippen LogP) is -2.34. The topological polar surface area (TPSA) is 93.0 Å². The van der Waals surface area contributed by atoms with Gasteiger partial charge in [-0.2, -0.15) is 0 Å². The first-order valence-electron chi connectivity index (χ1n) is 5.56. The molecule has 2 aliphatic heterocycles. The molecule has 0 aromatic heterocycles. The standard InChI is InChI=1S/C10H18N2O4/c1-5(13)11-6-2-3-12-4-7(14)10(16)8(12)9(6)15/h6-10,14-16H,2-4H2,1H3,(H,11,13)/t6-,7-,8-,9-,10-/m1/s1. The Kier molecular flexibility index (Phi) is 3.16. The van der Waals surface area contributed by atoms with Crippen LogP contribution in [0.2, 0.25) is 0 Å². The monoisotopic (exact) mass is 230 g/mol. The minimum absolute atomic E-state index is 0.189. The molecule has 2 saturated heterocycles. The summed E-state index contributed by atoms with van der Waals surface area (Å²) in [5.74, 6) is -0.189. The number of piperidine rings is 1. The maximum Gasteiger partial charge on any atom is 0.217 e. The third kappa shape index (κ3) is 1.93. The molecule has 4 N–H and O–H groups in total. The van der Waals surface area contributed by atoms with E-state index in [1.807, 2.05) is 4.90 Å². The van der Waals surface area contributed by atoms with Crippen LogP contribution in [0.5, 0.6) is 0 Å². The Morgan fingerprint density at radius 1 is 1.31 bits per heavy atom. The summed E-state index contributed by atoms with van der Waals surface area (Å²) in [6.45, 7) is 2.45. The van der Waals surface area contributed by atoms with Crippen LogP contribution in [-0.2, 0) is 4.79 Å². The third-order valence-corrected chi connectivity index (χ3v) is 3.47. The van der Waals surface area contributed by atoms with E-state index in [0.29, 0.717) is 19.5 Å². The molecule has 5 atom stereocenters. The summed E-state index contributed by atoms with van der Waals surface area (Å²) < 4.78 is 0. The van der Waals surface area contributed by atoms with Crippen molar-refractivity contribution in [1.29, 1.82) is 0 Å². The molecule has 2 heterocycles. The van der Waals surface area contributed by atoms with Crippen LogP contribution >= 0.6 is 0 Å². The van der Waals surface area contributed by atoms with Crippen molar-refractivity contribution in [2.45, 2.75) is 43.7 Å². The number of rotatable bonds is 1. The van der Waals surface area contributed by atoms with Crippen LogP contribution in [0.4, 0.5) is 0 Å². The van der Waals surface area contributed by atoms with E-state index in [0.717, 1.165) is 0 Å². The predicted molar refractivity (Wildman–Crippen MR) is 55.6 cm³/mol. The molecule has 16 heavy (non-hydrogen) atoms. The Balaban J connectivity index is 2.07. The lowest BCUT2D eigenvalue weighted by Crippen LogP contribution is -2.60. The summed E-state index contributed by atoms with van der Waals surface area (Å²) in [4.78, 5) is 12.8. The highest BCUT2D eigenvalue weighted by Crippen LogP contribution is 2.28. The molecule has 0 saturated carbocycles. The number of nitrogens with one attached hydrogen (secondary N) is 1. The zero-order valence-electron chi connectivity index (χ0n) is 9.21. The zero-order valence-corrected chi connectivity index (χ0v) is 9.21. The first kappa shape index (κ1) is 11.8. The van der Waals surface area contributed by atoms with Crippen molar-refractivity contribution in [2.24, 2.45) is 0 Å². The highest BCUT2D eigenvalue weighted by atomic mass is 16.3. The van der Waals surface area contributed by atoms with E-state index in [-0.39, 0.29) is 11.9 Å². The molecule has 0 aromatic rings. The number of nitrogens with zero attached hydrogens (tertiary/aromatic N) is 1. The molecule has 6 heteroatoms. The van der Waals surface area contributed by atoms with Crippen molar-refractivity contribution in [3.05, 3.63) is 0 Å². The van der Waals surface area contributed by atoms with Gasteiger partial charge in [-0.1, -0.05) is 0 Å². The molecule has 1 amide bonds. The zero-order chi connectivity index (χ0) is 11.9. The van der Waals surface area contributed by atoms with Gasteiger partial charge < -0.3 is 20.6 Å². The van der Waals surface area contributed by atoms with Crippen LogP contribution < -0.4 is 5.32 Å². The normalized spacial score (nSPS) is 44.1. The molecule has 0 spiro atoms. The maximum absolute atomic E-state index is 10.9. The Morgan fingerprint density at radius 2 is 2.00 bits per heavy atom. The second-order valence-corrected chi connectivity index (χ2v) is 4.63. The van der Waals surface area contributed by atoms with E-state index < -0.39 is 24.4 Å². The third-order valence-electron chi connectivity index (χ3n) is 3.47. The van der Waals surface area contributed by atoms with E-state index in [1.165, 1.54) is 6.92 Å². The minimum atomic E-state index is -0.938. The molecule has 0 bridgehead atoms. The smallest absolute Gasteiger partial charge is 0.217 e. The van der Waals surface area contributed by atoms with Gasteiger partial charge in [0.05, 0.1) is 30.4 Å². The average molecular weight is 230 g/mol. The van der Waals surface area contributed by atoms with Gasteiger partial charge in [0.2, 0.25) is 5.91 Å². The van der Waals surface area contributed by atoms with E-state index in [1.54, 1.807) is 0 Å². The van der Waals surface area contributed by atoms with E-state index in [9.17, 15) is 20.1 Å². The fourth-order valence-corrected chi connectivity index (χ4v) is 2.70. The summed E-state index contributed by atoms with van der Waals surface area (Å²) in [6, 6.07) is -0.806. The molecule has 92 valence electrons. The number of hydrogen-bond donors (Lipinski definition) is 4. The van der Waals surface area contributed by atoms with Gasteiger partial charge >= 0.3 is 0 Å². The summed E-state index contributed by atoms with van der Waals surface area (Å²) >= 11 is 0. The maximum atomic E-state index is 10.9. The Morgan fingerprint density at radius 3 is 2.62 bits per heavy atom. The highest BCUT2D eigenvalue weighted by molar-refractivity contribution is 5.73. The number of aliphatic hydroxyl groups is 3. The van der Waals surface area contributed by atoms with Gasteiger partial charge in [-0.25, -0.2) is 0 Å². The summed E-state index contributed by atoms with van der Waals surface area (Å²) in [7, 11) is 0. The van der Waals surface area contributed by atoms with E-state index in [2.05, 4.69) is 5.32 Å². The van der Waals surface area contributed by atoms with Gasteiger partial charge in [-0.15, -0.1) is 0 Å². The number of carbonyl (C=O) groups is 1. The molecule has 0 unspecified atom stereocenters. The van der Waals surface area contributed by atoms with Crippen LogP contribution in [0.3, 0.4) is 0 Å². The van der Waals surface area contributed by atoms with Gasteiger partial charge in [-0.05, 0) is 6.42 Å². The Labute approximate surface area is 93.9 Å². The number of hydrogen-bond acceptors (Lipinski definition) is 5. The number of carbonyl (C=O) groups excluding carboxylic acids is 1. The second-order valence-electron chi connectivity index (χ2n) is 4.63. The fraction of sp³-hybridized carbons (Fsp3) is 0.900. The van der Waals surface area contributed by atoms with Crippen LogP contribution in [0.1, 0.15) is 13.3 Å². The Bertz CT molecular complexity index is 286. The van der Waals surface area contributed by atoms with Gasteiger partial charge in [0, 0.05) is 20.0 Å². The average Bonchev–Trinajstić information content (AvgIpc) is 2.48. The molecular formula is C10H18N2O4. The molecule has 6 nitrogen and oxygen atoms in total. The molecule has 2 fully saturated rings. The van der Waals surface area contributed by atoms with Gasteiger partial charge in [0.25, 0.3) is 0 Å². The largest absolute Gasteiger partial charge is 0.389 e. The van der Waals surface area contributed by atoms with E-state index >= 15 is 0 Å². The quantitative estimate of drug-likeness (QED) is 0.405. The van der Waals surface area contributed by atoms with Crippen molar-refractivity contribution in [1.82, 2.24) is 10.2 Å². The van der Waals surface area contributed by atoms with Crippen LogP contribution in [0.15, 0.2) is 0 Å². The second kappa shape index (κ2) is 4.29. The van der Waals surface area contributed by atoms with Crippen LogP contribution in [0.25, 0.3) is 0 Å². The first-order valence-corrected chi connectivity index (χ1v) is 5.56. The lowest BCUT2D eigenvalue weighted by atomic mass is 9.92. The number of aliphatic hydroxyl groups excluding tert-OH is 3. The summed E-state index contributed by atoms with van der Waals surface area (Å²) in [5.41, 5.74) is 0. The van der Waals surface area contributed by atoms with Gasteiger partial charge in [0.1, 0.15) is 0 Å². The molecule has 2 aliphatic rings. The lowest BCUT2D eigenvalue weighted by Gasteiger charge is -2.40. The molecule has 2 rings (SSSR count). The molecule has 0 aromatic carbocycles. The summed E-state index contributed by atoms with van der Waals surface area (Å²) in [6.07, 6.45) is -1.94. The van der Waals surface area contributed by atoms with Gasteiger partial charge in [0.15, 0.2) is 0 Å². The fourth-order valence-electron chi connectivity index (χ4n) is 2.70. The van der Waals surface area contributed by atoms with Crippen molar-refractivity contribution in [3.63, 3.8) is 0 Å². The Hall–Kier alpha value is -0.690. The highest BCUT2D eigenvalue weighted by Gasteiger charge is 2.48. The van der Waals surface area contributed by atoms with Crippen molar-refractivity contribution in [2.75, 3.05) is 13.1 Å². The van der Waals surface area contributed by atoms with Crippen molar-refractivity contribution >= 4 is 5.91 Å².